The highest BCUT2D eigenvalue weighted by atomic mass is 79.9. The lowest BCUT2D eigenvalue weighted by molar-refractivity contribution is 0.155. The van der Waals surface area contributed by atoms with Crippen LogP contribution < -0.4 is 5.32 Å². The maximum absolute atomic E-state index is 11.9. The van der Waals surface area contributed by atoms with Gasteiger partial charge in [0, 0.05) is 29.8 Å². The van der Waals surface area contributed by atoms with Crippen molar-refractivity contribution in [3.63, 3.8) is 0 Å². The van der Waals surface area contributed by atoms with Crippen molar-refractivity contribution >= 4 is 21.6 Å². The zero-order chi connectivity index (χ0) is 11.4. The molecule has 88 valence electrons. The number of halogens is 2. The molecule has 1 fully saturated rings. The Morgan fingerprint density at radius 1 is 1.31 bits per heavy atom. The lowest BCUT2D eigenvalue weighted by Crippen LogP contribution is -2.54. The van der Waals surface area contributed by atoms with Crippen LogP contribution in [0.4, 0.5) is 10.1 Å². The van der Waals surface area contributed by atoms with E-state index in [-0.39, 0.29) is 6.67 Å². The van der Waals surface area contributed by atoms with Gasteiger partial charge in [0.2, 0.25) is 0 Å². The second-order valence-corrected chi connectivity index (χ2v) is 5.07. The number of nitrogens with one attached hydrogen (secondary N) is 1. The van der Waals surface area contributed by atoms with E-state index < -0.39 is 0 Å². The number of anilines is 1. The Labute approximate surface area is 104 Å². The molecule has 1 aliphatic heterocycles. The third kappa shape index (κ3) is 3.19. The molecule has 16 heavy (non-hydrogen) atoms. The molecular weight excluding hydrogens is 271 g/mol. The average molecular weight is 287 g/mol. The molecule has 0 amide bonds. The summed E-state index contributed by atoms with van der Waals surface area (Å²) in [6.45, 7) is 2.72. The highest BCUT2D eigenvalue weighted by Crippen LogP contribution is 2.18. The van der Waals surface area contributed by atoms with Crippen molar-refractivity contribution in [1.29, 1.82) is 0 Å². The molecule has 1 aliphatic rings. The van der Waals surface area contributed by atoms with Crippen LogP contribution >= 0.6 is 15.9 Å². The third-order valence-electron chi connectivity index (χ3n) is 2.78. The van der Waals surface area contributed by atoms with Crippen molar-refractivity contribution in [2.75, 3.05) is 31.6 Å². The van der Waals surface area contributed by atoms with Crippen molar-refractivity contribution in [2.24, 2.45) is 0 Å². The molecule has 0 spiro atoms. The van der Waals surface area contributed by atoms with Crippen LogP contribution in [0.15, 0.2) is 28.7 Å². The monoisotopic (exact) mass is 286 g/mol. The Hall–Kier alpha value is -0.610. The summed E-state index contributed by atoms with van der Waals surface area (Å²) in [5.41, 5.74) is 1.15. The van der Waals surface area contributed by atoms with E-state index in [4.69, 9.17) is 0 Å². The van der Waals surface area contributed by atoms with Crippen LogP contribution in [0.3, 0.4) is 0 Å². The van der Waals surface area contributed by atoms with E-state index in [1.165, 1.54) is 0 Å². The van der Waals surface area contributed by atoms with Gasteiger partial charge in [0.05, 0.1) is 12.7 Å². The van der Waals surface area contributed by atoms with Gasteiger partial charge in [-0.3, -0.25) is 9.29 Å². The molecule has 0 aromatic heterocycles. The van der Waals surface area contributed by atoms with Gasteiger partial charge in [-0.15, -0.1) is 0 Å². The summed E-state index contributed by atoms with van der Waals surface area (Å²) in [7, 11) is 0. The highest BCUT2D eigenvalue weighted by molar-refractivity contribution is 9.10. The van der Waals surface area contributed by atoms with Crippen LogP contribution in [0.25, 0.3) is 0 Å². The normalized spacial score (nSPS) is 17.1. The molecule has 1 saturated heterocycles. The zero-order valence-electron chi connectivity index (χ0n) is 9.13. The maximum atomic E-state index is 11.9. The van der Waals surface area contributed by atoms with Crippen molar-refractivity contribution in [2.45, 2.75) is 12.5 Å². The van der Waals surface area contributed by atoms with Crippen molar-refractivity contribution < 1.29 is 4.39 Å². The number of nitrogens with zero attached hydrogens (tertiary/aromatic N) is 1. The number of hydrogen-bond acceptors (Lipinski definition) is 2. The van der Waals surface area contributed by atoms with Gasteiger partial charge in [-0.2, -0.15) is 0 Å². The third-order valence-corrected chi connectivity index (χ3v) is 3.31. The quantitative estimate of drug-likeness (QED) is 0.895. The van der Waals surface area contributed by atoms with Gasteiger partial charge < -0.3 is 5.32 Å². The lowest BCUT2D eigenvalue weighted by Gasteiger charge is -2.40. The molecule has 0 unspecified atom stereocenters. The van der Waals surface area contributed by atoms with E-state index in [1.54, 1.807) is 0 Å². The van der Waals surface area contributed by atoms with Crippen LogP contribution in [-0.2, 0) is 0 Å². The van der Waals surface area contributed by atoms with Crippen molar-refractivity contribution in [3.8, 4) is 0 Å². The van der Waals surface area contributed by atoms with Gasteiger partial charge >= 0.3 is 0 Å². The van der Waals surface area contributed by atoms with Crippen LogP contribution in [0, 0.1) is 0 Å². The molecule has 2 rings (SSSR count). The van der Waals surface area contributed by atoms with E-state index in [0.717, 1.165) is 29.8 Å². The van der Waals surface area contributed by atoms with E-state index >= 15 is 0 Å². The van der Waals surface area contributed by atoms with E-state index in [2.05, 4.69) is 38.3 Å². The lowest BCUT2D eigenvalue weighted by atomic mass is 10.1. The largest absolute Gasteiger partial charge is 0.380 e. The molecule has 0 bridgehead atoms. The smallest absolute Gasteiger partial charge is 0.0906 e. The maximum Gasteiger partial charge on any atom is 0.0906 e. The summed E-state index contributed by atoms with van der Waals surface area (Å²) in [5, 5.41) is 3.46. The van der Waals surface area contributed by atoms with E-state index in [1.807, 2.05) is 12.1 Å². The Morgan fingerprint density at radius 3 is 2.62 bits per heavy atom. The Balaban J connectivity index is 1.71. The number of likely N-dealkylation sites (tertiary alicyclic amines) is 1. The first-order valence-corrected chi connectivity index (χ1v) is 6.37. The summed E-state index contributed by atoms with van der Waals surface area (Å²) in [4.78, 5) is 2.27. The summed E-state index contributed by atoms with van der Waals surface area (Å²) in [5.74, 6) is 0. The SMILES string of the molecule is FCCCN1CC(Nc2ccc(Br)cc2)C1. The van der Waals surface area contributed by atoms with Crippen LogP contribution in [0.2, 0.25) is 0 Å². The first kappa shape index (κ1) is 11.9. The molecule has 1 aromatic carbocycles. The molecule has 1 heterocycles. The van der Waals surface area contributed by atoms with Crippen molar-refractivity contribution in [3.05, 3.63) is 28.7 Å². The minimum absolute atomic E-state index is 0.207. The summed E-state index contributed by atoms with van der Waals surface area (Å²) in [6, 6.07) is 8.70. The molecule has 2 nitrogen and oxygen atoms in total. The van der Waals surface area contributed by atoms with Crippen molar-refractivity contribution in [1.82, 2.24) is 4.90 Å². The van der Waals surface area contributed by atoms with Gasteiger partial charge in [-0.25, -0.2) is 0 Å². The van der Waals surface area contributed by atoms with Crippen LogP contribution in [0.5, 0.6) is 0 Å². The van der Waals surface area contributed by atoms with Gasteiger partial charge in [0.1, 0.15) is 0 Å². The number of alkyl halides is 1. The molecule has 0 aliphatic carbocycles. The van der Waals surface area contributed by atoms with Gasteiger partial charge in [-0.1, -0.05) is 15.9 Å². The first-order valence-electron chi connectivity index (χ1n) is 5.58. The minimum Gasteiger partial charge on any atom is -0.380 e. The highest BCUT2D eigenvalue weighted by Gasteiger charge is 2.25. The van der Waals surface area contributed by atoms with Gasteiger partial charge in [0.25, 0.3) is 0 Å². The summed E-state index contributed by atoms with van der Waals surface area (Å²) < 4.78 is 13.0. The summed E-state index contributed by atoms with van der Waals surface area (Å²) in [6.07, 6.45) is 0.658. The fraction of sp³-hybridized carbons (Fsp3) is 0.500. The average Bonchev–Trinajstić information content (AvgIpc) is 2.24. The second kappa shape index (κ2) is 5.64. The fourth-order valence-corrected chi connectivity index (χ4v) is 2.17. The predicted octanol–water partition coefficient (Wildman–Crippen LogP) is 2.90. The molecule has 4 heteroatoms. The standard InChI is InChI=1S/C12H16BrFN2/c13-10-2-4-11(5-3-10)15-12-8-16(9-12)7-1-6-14/h2-5,12,15H,1,6-9H2. The fourth-order valence-electron chi connectivity index (χ4n) is 1.91. The first-order chi connectivity index (χ1) is 7.78. The van der Waals surface area contributed by atoms with Gasteiger partial charge in [0.15, 0.2) is 0 Å². The topological polar surface area (TPSA) is 15.3 Å². The molecule has 0 radical (unpaired) electrons. The molecule has 0 saturated carbocycles. The Kier molecular flexibility index (Phi) is 4.18. The van der Waals surface area contributed by atoms with E-state index in [0.29, 0.717) is 12.5 Å². The molecular formula is C12H16BrFN2. The second-order valence-electron chi connectivity index (χ2n) is 4.15. The summed E-state index contributed by atoms with van der Waals surface area (Å²) >= 11 is 3.41. The molecule has 1 aromatic rings. The van der Waals surface area contributed by atoms with Crippen LogP contribution in [-0.4, -0.2) is 37.3 Å². The van der Waals surface area contributed by atoms with Crippen LogP contribution in [0.1, 0.15) is 6.42 Å². The van der Waals surface area contributed by atoms with Gasteiger partial charge in [-0.05, 0) is 30.7 Å². The zero-order valence-corrected chi connectivity index (χ0v) is 10.7. The minimum atomic E-state index is -0.207. The predicted molar refractivity (Wildman–Crippen MR) is 68.6 cm³/mol. The number of benzene rings is 1. The Bertz CT molecular complexity index is 322. The Morgan fingerprint density at radius 2 is 2.00 bits per heavy atom. The van der Waals surface area contributed by atoms with E-state index in [9.17, 15) is 4.39 Å². The number of rotatable bonds is 5. The molecule has 1 N–H and O–H groups in total. The number of hydrogen-bond donors (Lipinski definition) is 1. The molecule has 0 atom stereocenters.